The van der Waals surface area contributed by atoms with Crippen molar-refractivity contribution in [2.45, 2.75) is 24.4 Å². The highest BCUT2D eigenvalue weighted by Crippen LogP contribution is 2.62. The number of nitrogens with zero attached hydrogens (tertiary/aromatic N) is 1. The third-order valence-corrected chi connectivity index (χ3v) is 9.13. The zero-order valence-corrected chi connectivity index (χ0v) is 24.0. The second-order valence-corrected chi connectivity index (χ2v) is 11.2. The van der Waals surface area contributed by atoms with Crippen LogP contribution in [0.15, 0.2) is 97.2 Å². The van der Waals surface area contributed by atoms with E-state index in [4.69, 9.17) is 9.47 Å². The molecule has 1 spiro atoms. The number of ketones is 2. The van der Waals surface area contributed by atoms with Crippen LogP contribution in [0.4, 0.5) is 5.69 Å². The van der Waals surface area contributed by atoms with Crippen LogP contribution in [-0.4, -0.2) is 42.6 Å². The van der Waals surface area contributed by atoms with Crippen molar-refractivity contribution in [2.24, 2.45) is 5.92 Å². The summed E-state index contributed by atoms with van der Waals surface area (Å²) in [5.74, 6) is -1.06. The maximum atomic E-state index is 14.9. The summed E-state index contributed by atoms with van der Waals surface area (Å²) in [6.45, 7) is 1.95. The Bertz CT molecular complexity index is 1830. The fourth-order valence-electron chi connectivity index (χ4n) is 7.23. The highest BCUT2D eigenvalue weighted by molar-refractivity contribution is 6.17. The van der Waals surface area contributed by atoms with Crippen molar-refractivity contribution in [3.05, 3.63) is 131 Å². The number of para-hydroxylation sites is 1. The summed E-state index contributed by atoms with van der Waals surface area (Å²) in [6, 6.07) is 26.1. The number of carbonyl (C=O) groups is 3. The molecule has 4 aromatic carbocycles. The van der Waals surface area contributed by atoms with Crippen molar-refractivity contribution in [1.29, 1.82) is 0 Å². The Morgan fingerprint density at radius 1 is 0.860 bits per heavy atom. The van der Waals surface area contributed by atoms with Gasteiger partial charge in [-0.2, -0.15) is 0 Å². The number of hydrogen-bond donors (Lipinski definition) is 1. The summed E-state index contributed by atoms with van der Waals surface area (Å²) in [4.78, 5) is 46.3. The molecule has 0 aliphatic carbocycles. The SMILES string of the molecule is COc1ccc(C(=O)[C@@H]2[C@H](C(=O)c3ccc(C)cc3)[C@]3(C(=O)Nc4ccccc43)[C@H]3c4ccccc4C=CN23)c(OC)c1. The number of carbonyl (C=O) groups excluding carboxylic acids is 3. The van der Waals surface area contributed by atoms with Crippen molar-refractivity contribution in [3.8, 4) is 11.5 Å². The number of ether oxygens (including phenoxy) is 2. The fourth-order valence-corrected chi connectivity index (χ4v) is 7.23. The zero-order valence-electron chi connectivity index (χ0n) is 24.0. The quantitative estimate of drug-likeness (QED) is 0.287. The molecule has 1 N–H and O–H groups in total. The lowest BCUT2D eigenvalue weighted by atomic mass is 9.62. The normalized spacial score (nSPS) is 22.9. The predicted molar refractivity (Wildman–Crippen MR) is 163 cm³/mol. The summed E-state index contributed by atoms with van der Waals surface area (Å²) in [5.41, 5.74) is 3.56. The van der Waals surface area contributed by atoms with Gasteiger partial charge in [-0.05, 0) is 47.9 Å². The second kappa shape index (κ2) is 9.98. The van der Waals surface area contributed by atoms with E-state index in [1.54, 1.807) is 37.4 Å². The molecule has 3 aliphatic rings. The Morgan fingerprint density at radius 3 is 2.37 bits per heavy atom. The molecule has 43 heavy (non-hydrogen) atoms. The average molecular weight is 571 g/mol. The molecule has 214 valence electrons. The van der Waals surface area contributed by atoms with Gasteiger partial charge in [-0.15, -0.1) is 0 Å². The van der Waals surface area contributed by atoms with Crippen LogP contribution in [0.1, 0.15) is 49.0 Å². The van der Waals surface area contributed by atoms with Gasteiger partial charge >= 0.3 is 0 Å². The van der Waals surface area contributed by atoms with Gasteiger partial charge in [-0.1, -0.05) is 72.3 Å². The van der Waals surface area contributed by atoms with Gasteiger partial charge < -0.3 is 19.7 Å². The van der Waals surface area contributed by atoms with Crippen LogP contribution in [0, 0.1) is 12.8 Å². The highest BCUT2D eigenvalue weighted by atomic mass is 16.5. The molecule has 7 heteroatoms. The molecular weight excluding hydrogens is 540 g/mol. The Labute approximate surface area is 249 Å². The first kappa shape index (κ1) is 26.7. The Morgan fingerprint density at radius 2 is 1.60 bits per heavy atom. The number of hydrogen-bond acceptors (Lipinski definition) is 6. The molecule has 7 nitrogen and oxygen atoms in total. The van der Waals surface area contributed by atoms with Gasteiger partial charge in [0.25, 0.3) is 0 Å². The Hall–Kier alpha value is -5.17. The molecular formula is C36H30N2O5. The first-order valence-electron chi connectivity index (χ1n) is 14.2. The minimum atomic E-state index is -1.39. The lowest BCUT2D eigenvalue weighted by molar-refractivity contribution is -0.122. The molecule has 7 rings (SSSR count). The van der Waals surface area contributed by atoms with Gasteiger partial charge in [0, 0.05) is 23.5 Å². The van der Waals surface area contributed by atoms with Crippen LogP contribution in [-0.2, 0) is 10.2 Å². The first-order chi connectivity index (χ1) is 20.9. The number of benzene rings is 4. The molecule has 3 heterocycles. The van der Waals surface area contributed by atoms with Crippen LogP contribution in [0.5, 0.6) is 11.5 Å². The van der Waals surface area contributed by atoms with E-state index >= 15 is 0 Å². The summed E-state index contributed by atoms with van der Waals surface area (Å²) in [7, 11) is 3.04. The van der Waals surface area contributed by atoms with E-state index in [-0.39, 0.29) is 17.5 Å². The third-order valence-electron chi connectivity index (χ3n) is 9.13. The van der Waals surface area contributed by atoms with Crippen LogP contribution in [0.25, 0.3) is 6.08 Å². The smallest absolute Gasteiger partial charge is 0.238 e. The molecule has 1 fully saturated rings. The maximum Gasteiger partial charge on any atom is 0.238 e. The number of rotatable bonds is 6. The van der Waals surface area contributed by atoms with Gasteiger partial charge in [-0.3, -0.25) is 14.4 Å². The second-order valence-electron chi connectivity index (χ2n) is 11.2. The number of methoxy groups -OCH3 is 2. The third kappa shape index (κ3) is 3.77. The summed E-state index contributed by atoms with van der Waals surface area (Å²) in [5, 5.41) is 3.08. The fraction of sp³-hybridized carbons (Fsp3) is 0.194. The van der Waals surface area contributed by atoms with E-state index in [1.807, 2.05) is 84.8 Å². The molecule has 0 bridgehead atoms. The van der Waals surface area contributed by atoms with Crippen LogP contribution in [0.2, 0.25) is 0 Å². The van der Waals surface area contributed by atoms with E-state index in [9.17, 15) is 14.4 Å². The Balaban J connectivity index is 1.53. The van der Waals surface area contributed by atoms with E-state index in [1.165, 1.54) is 7.11 Å². The maximum absolute atomic E-state index is 14.9. The van der Waals surface area contributed by atoms with Crippen molar-refractivity contribution < 1.29 is 23.9 Å². The zero-order chi connectivity index (χ0) is 29.9. The number of Topliss-reactive ketones (excluding diaryl/α,β-unsaturated/α-hetero) is 2. The molecule has 0 aromatic heterocycles. The summed E-state index contributed by atoms with van der Waals surface area (Å²) < 4.78 is 11.0. The van der Waals surface area contributed by atoms with Crippen molar-refractivity contribution in [3.63, 3.8) is 0 Å². The van der Waals surface area contributed by atoms with E-state index < -0.39 is 23.4 Å². The van der Waals surface area contributed by atoms with Crippen molar-refractivity contribution in [1.82, 2.24) is 4.90 Å². The van der Waals surface area contributed by atoms with Crippen molar-refractivity contribution in [2.75, 3.05) is 19.5 Å². The largest absolute Gasteiger partial charge is 0.497 e. The van der Waals surface area contributed by atoms with Gasteiger partial charge in [0.05, 0.1) is 31.7 Å². The number of amides is 1. The lowest BCUT2D eigenvalue weighted by Gasteiger charge is -2.38. The molecule has 4 atom stereocenters. The van der Waals surface area contributed by atoms with E-state index in [0.29, 0.717) is 33.9 Å². The molecule has 4 aromatic rings. The summed E-state index contributed by atoms with van der Waals surface area (Å²) >= 11 is 0. The van der Waals surface area contributed by atoms with Gasteiger partial charge in [0.2, 0.25) is 5.91 Å². The van der Waals surface area contributed by atoms with Crippen LogP contribution >= 0.6 is 0 Å². The van der Waals surface area contributed by atoms with Crippen molar-refractivity contribution >= 4 is 29.2 Å². The van der Waals surface area contributed by atoms with Gasteiger partial charge in [-0.25, -0.2) is 0 Å². The average Bonchev–Trinajstić information content (AvgIpc) is 3.52. The molecule has 0 saturated carbocycles. The van der Waals surface area contributed by atoms with Crippen LogP contribution in [0.3, 0.4) is 0 Å². The molecule has 3 aliphatic heterocycles. The van der Waals surface area contributed by atoms with Gasteiger partial charge in [0.15, 0.2) is 11.6 Å². The van der Waals surface area contributed by atoms with Gasteiger partial charge in [0.1, 0.15) is 23.0 Å². The number of nitrogens with one attached hydrogen (secondary N) is 1. The Kier molecular flexibility index (Phi) is 6.20. The number of aryl methyl sites for hydroxylation is 1. The number of fused-ring (bicyclic) bond motifs is 6. The first-order valence-corrected chi connectivity index (χ1v) is 14.2. The molecule has 1 amide bonds. The highest BCUT2D eigenvalue weighted by Gasteiger charge is 2.70. The van der Waals surface area contributed by atoms with E-state index in [2.05, 4.69) is 5.32 Å². The molecule has 0 unspecified atom stereocenters. The minimum absolute atomic E-state index is 0.266. The molecule has 1 saturated heterocycles. The minimum Gasteiger partial charge on any atom is -0.497 e. The van der Waals surface area contributed by atoms with E-state index in [0.717, 1.165) is 16.7 Å². The monoisotopic (exact) mass is 570 g/mol. The summed E-state index contributed by atoms with van der Waals surface area (Å²) in [6.07, 6.45) is 3.81. The predicted octanol–water partition coefficient (Wildman–Crippen LogP) is 5.99. The topological polar surface area (TPSA) is 84.9 Å². The number of anilines is 1. The molecule has 0 radical (unpaired) electrons. The lowest BCUT2D eigenvalue weighted by Crippen LogP contribution is -2.49. The standard InChI is InChI=1S/C36H30N2O5/c1-21-12-14-23(15-13-21)32(39)30-31(33(40)26-17-16-24(42-2)20-29(26)43-3)38-19-18-22-8-4-5-9-25(22)34(38)36(30)27-10-6-7-11-28(27)37-35(36)41/h4-20,30-31,34H,1-3H3,(H,37,41)/t30-,31+,34-,36+/m1/s1. The van der Waals surface area contributed by atoms with Crippen LogP contribution < -0.4 is 14.8 Å².